The quantitative estimate of drug-likeness (QED) is 0.678. The van der Waals surface area contributed by atoms with Crippen LogP contribution in [0.2, 0.25) is 0 Å². The second kappa shape index (κ2) is 6.74. The molecule has 120 valence electrons. The van der Waals surface area contributed by atoms with E-state index in [0.717, 1.165) is 0 Å². The SMILES string of the molecule is CNC(=O)C1CCN(C(=O)CC2CS(=O)(=O)CCN2)CC1. The molecule has 0 aromatic rings. The van der Waals surface area contributed by atoms with Gasteiger partial charge in [-0.1, -0.05) is 0 Å². The van der Waals surface area contributed by atoms with Crippen molar-refractivity contribution < 1.29 is 18.0 Å². The van der Waals surface area contributed by atoms with Crippen LogP contribution in [0.4, 0.5) is 0 Å². The fourth-order valence-electron chi connectivity index (χ4n) is 2.93. The van der Waals surface area contributed by atoms with Crippen LogP contribution < -0.4 is 10.6 Å². The van der Waals surface area contributed by atoms with Crippen molar-refractivity contribution in [2.24, 2.45) is 5.92 Å². The lowest BCUT2D eigenvalue weighted by atomic mass is 9.95. The zero-order valence-electron chi connectivity index (χ0n) is 12.3. The number of hydrogen-bond donors (Lipinski definition) is 2. The molecule has 0 aromatic heterocycles. The minimum atomic E-state index is -3.02. The first-order valence-corrected chi connectivity index (χ1v) is 9.16. The van der Waals surface area contributed by atoms with Crippen LogP contribution in [0, 0.1) is 5.92 Å². The predicted molar refractivity (Wildman–Crippen MR) is 78.4 cm³/mol. The molecule has 21 heavy (non-hydrogen) atoms. The van der Waals surface area contributed by atoms with Crippen molar-refractivity contribution in [1.29, 1.82) is 0 Å². The maximum absolute atomic E-state index is 12.2. The van der Waals surface area contributed by atoms with Crippen LogP contribution in [0.3, 0.4) is 0 Å². The molecule has 0 aromatic carbocycles. The van der Waals surface area contributed by atoms with Crippen molar-refractivity contribution in [2.45, 2.75) is 25.3 Å². The van der Waals surface area contributed by atoms with Crippen LogP contribution in [0.5, 0.6) is 0 Å². The van der Waals surface area contributed by atoms with Crippen molar-refractivity contribution in [3.8, 4) is 0 Å². The van der Waals surface area contributed by atoms with Gasteiger partial charge in [0.25, 0.3) is 0 Å². The molecule has 2 N–H and O–H groups in total. The van der Waals surface area contributed by atoms with Crippen LogP contribution >= 0.6 is 0 Å². The molecule has 2 aliphatic rings. The van der Waals surface area contributed by atoms with Crippen molar-refractivity contribution in [3.63, 3.8) is 0 Å². The Hall–Kier alpha value is -1.15. The summed E-state index contributed by atoms with van der Waals surface area (Å²) in [5.74, 6) is 0.164. The van der Waals surface area contributed by atoms with Crippen molar-refractivity contribution in [2.75, 3.05) is 38.2 Å². The summed E-state index contributed by atoms with van der Waals surface area (Å²) in [6, 6.07) is -0.284. The van der Waals surface area contributed by atoms with Gasteiger partial charge in [-0.2, -0.15) is 0 Å². The molecule has 2 rings (SSSR count). The summed E-state index contributed by atoms with van der Waals surface area (Å²) in [4.78, 5) is 25.5. The van der Waals surface area contributed by atoms with Crippen LogP contribution in [0.15, 0.2) is 0 Å². The van der Waals surface area contributed by atoms with E-state index < -0.39 is 9.84 Å². The van der Waals surface area contributed by atoms with Crippen molar-refractivity contribution >= 4 is 21.7 Å². The summed E-state index contributed by atoms with van der Waals surface area (Å²) in [6.07, 6.45) is 1.55. The van der Waals surface area contributed by atoms with Crippen LogP contribution in [-0.4, -0.2) is 69.4 Å². The molecule has 8 heteroatoms. The lowest BCUT2D eigenvalue weighted by Crippen LogP contribution is -2.49. The average Bonchev–Trinajstić information content (AvgIpc) is 2.45. The fraction of sp³-hybridized carbons (Fsp3) is 0.846. The molecule has 7 nitrogen and oxygen atoms in total. The maximum Gasteiger partial charge on any atom is 0.224 e. The standard InChI is InChI=1S/C13H23N3O4S/c1-14-13(18)10-2-5-16(6-3-10)12(17)8-11-9-21(19,20)7-4-15-11/h10-11,15H,2-9H2,1H3,(H,14,18). The van der Waals surface area contributed by atoms with E-state index in [2.05, 4.69) is 10.6 Å². The van der Waals surface area contributed by atoms with E-state index in [1.807, 2.05) is 0 Å². The Balaban J connectivity index is 1.81. The summed E-state index contributed by atoms with van der Waals surface area (Å²) in [6.45, 7) is 1.55. The first-order valence-electron chi connectivity index (χ1n) is 7.34. The first-order chi connectivity index (χ1) is 9.91. The highest BCUT2D eigenvalue weighted by molar-refractivity contribution is 7.91. The minimum absolute atomic E-state index is 0.0211. The van der Waals surface area contributed by atoms with Gasteiger partial charge in [-0.3, -0.25) is 9.59 Å². The lowest BCUT2D eigenvalue weighted by Gasteiger charge is -2.33. The molecule has 2 heterocycles. The van der Waals surface area contributed by atoms with Gasteiger partial charge in [0.2, 0.25) is 11.8 Å². The van der Waals surface area contributed by atoms with E-state index in [9.17, 15) is 18.0 Å². The molecule has 2 fully saturated rings. The van der Waals surface area contributed by atoms with Gasteiger partial charge in [-0.25, -0.2) is 8.42 Å². The molecule has 0 bridgehead atoms. The number of carbonyl (C=O) groups is 2. The Morgan fingerprint density at radius 3 is 2.52 bits per heavy atom. The number of piperidine rings is 1. The van der Waals surface area contributed by atoms with Gasteiger partial charge in [0.15, 0.2) is 9.84 Å². The lowest BCUT2D eigenvalue weighted by molar-refractivity contribution is -0.135. The summed E-state index contributed by atoms with van der Waals surface area (Å²) in [5.41, 5.74) is 0. The van der Waals surface area contributed by atoms with Crippen LogP contribution in [0.1, 0.15) is 19.3 Å². The summed E-state index contributed by atoms with van der Waals surface area (Å²) in [7, 11) is -1.40. The molecule has 2 aliphatic heterocycles. The number of likely N-dealkylation sites (tertiary alicyclic amines) is 1. The Morgan fingerprint density at radius 1 is 1.29 bits per heavy atom. The molecule has 0 spiro atoms. The van der Waals surface area contributed by atoms with Gasteiger partial charge in [-0.05, 0) is 12.8 Å². The monoisotopic (exact) mass is 317 g/mol. The smallest absolute Gasteiger partial charge is 0.224 e. The van der Waals surface area contributed by atoms with Gasteiger partial charge in [0.05, 0.1) is 11.5 Å². The summed E-state index contributed by atoms with van der Waals surface area (Å²) < 4.78 is 23.1. The Labute approximate surface area is 125 Å². The number of amides is 2. The third kappa shape index (κ3) is 4.41. The van der Waals surface area contributed by atoms with Gasteiger partial charge in [0, 0.05) is 45.1 Å². The Kier molecular flexibility index (Phi) is 5.21. The topological polar surface area (TPSA) is 95.6 Å². The van der Waals surface area contributed by atoms with Crippen LogP contribution in [-0.2, 0) is 19.4 Å². The number of carbonyl (C=O) groups excluding carboxylic acids is 2. The first kappa shape index (κ1) is 16.2. The third-order valence-corrected chi connectivity index (χ3v) is 5.92. The largest absolute Gasteiger partial charge is 0.359 e. The molecule has 2 saturated heterocycles. The molecule has 0 saturated carbocycles. The summed E-state index contributed by atoms with van der Waals surface area (Å²) in [5, 5.41) is 5.72. The second-order valence-electron chi connectivity index (χ2n) is 5.74. The van der Waals surface area contributed by atoms with Gasteiger partial charge in [0.1, 0.15) is 0 Å². The molecular formula is C13H23N3O4S. The molecule has 1 atom stereocenters. The highest BCUT2D eigenvalue weighted by atomic mass is 32.2. The van der Waals surface area contributed by atoms with Gasteiger partial charge in [-0.15, -0.1) is 0 Å². The molecule has 2 amide bonds. The molecule has 1 unspecified atom stereocenters. The Morgan fingerprint density at radius 2 is 1.95 bits per heavy atom. The Bertz CT molecular complexity index is 498. The second-order valence-corrected chi connectivity index (χ2v) is 7.97. The number of sulfone groups is 1. The van der Waals surface area contributed by atoms with E-state index in [1.54, 1.807) is 11.9 Å². The van der Waals surface area contributed by atoms with E-state index in [-0.39, 0.29) is 41.7 Å². The van der Waals surface area contributed by atoms with E-state index >= 15 is 0 Å². The van der Waals surface area contributed by atoms with Crippen molar-refractivity contribution in [1.82, 2.24) is 15.5 Å². The average molecular weight is 317 g/mol. The van der Waals surface area contributed by atoms with E-state index in [0.29, 0.717) is 32.5 Å². The minimum Gasteiger partial charge on any atom is -0.359 e. The molecule has 0 radical (unpaired) electrons. The van der Waals surface area contributed by atoms with Crippen molar-refractivity contribution in [3.05, 3.63) is 0 Å². The normalized spacial score (nSPS) is 26.3. The predicted octanol–water partition coefficient (Wildman–Crippen LogP) is -1.25. The third-order valence-electron chi connectivity index (χ3n) is 4.19. The number of rotatable bonds is 3. The van der Waals surface area contributed by atoms with E-state index in [4.69, 9.17) is 0 Å². The molecular weight excluding hydrogens is 294 g/mol. The van der Waals surface area contributed by atoms with Gasteiger partial charge < -0.3 is 15.5 Å². The van der Waals surface area contributed by atoms with E-state index in [1.165, 1.54) is 0 Å². The van der Waals surface area contributed by atoms with Crippen LogP contribution in [0.25, 0.3) is 0 Å². The highest BCUT2D eigenvalue weighted by Crippen LogP contribution is 2.18. The fourth-order valence-corrected chi connectivity index (χ4v) is 4.38. The number of nitrogens with zero attached hydrogens (tertiary/aromatic N) is 1. The van der Waals surface area contributed by atoms with Gasteiger partial charge >= 0.3 is 0 Å². The number of nitrogens with one attached hydrogen (secondary N) is 2. The summed E-state index contributed by atoms with van der Waals surface area (Å²) >= 11 is 0. The molecule has 0 aliphatic carbocycles. The zero-order chi connectivity index (χ0) is 15.5. The highest BCUT2D eigenvalue weighted by Gasteiger charge is 2.30. The maximum atomic E-state index is 12.2. The number of hydrogen-bond acceptors (Lipinski definition) is 5. The zero-order valence-corrected chi connectivity index (χ0v) is 13.1.